The second-order valence-corrected chi connectivity index (χ2v) is 11.4. The van der Waals surface area contributed by atoms with Crippen molar-refractivity contribution in [3.05, 3.63) is 65.9 Å². The quantitative estimate of drug-likeness (QED) is 0.268. The van der Waals surface area contributed by atoms with Gasteiger partial charge in [-0.15, -0.1) is 0 Å². The third-order valence-corrected chi connectivity index (χ3v) is 8.22. The maximum Gasteiger partial charge on any atom is 0.289 e. The lowest BCUT2D eigenvalue weighted by molar-refractivity contribution is -0.141. The van der Waals surface area contributed by atoms with E-state index in [0.29, 0.717) is 37.4 Å². The molecule has 2 aliphatic rings. The molecule has 2 fully saturated rings. The molecule has 2 saturated heterocycles. The van der Waals surface area contributed by atoms with E-state index in [4.69, 9.17) is 4.74 Å². The molecule has 4 N–H and O–H groups in total. The van der Waals surface area contributed by atoms with Crippen LogP contribution in [0, 0.1) is 11.8 Å². The maximum atomic E-state index is 13.7. The number of ketones is 1. The zero-order valence-corrected chi connectivity index (χ0v) is 24.4. The second kappa shape index (κ2) is 13.1. The molecule has 0 radical (unpaired) electrons. The fourth-order valence-corrected chi connectivity index (χ4v) is 5.96. The van der Waals surface area contributed by atoms with Crippen LogP contribution >= 0.6 is 0 Å². The molecule has 0 aliphatic carbocycles. The van der Waals surface area contributed by atoms with Gasteiger partial charge < -0.3 is 30.6 Å². The number of hydrogen-bond donors (Lipinski definition) is 4. The lowest BCUT2D eigenvalue weighted by atomic mass is 9.89. The number of H-pyrrole nitrogens is 1. The molecule has 11 nitrogen and oxygen atoms in total. The third-order valence-electron chi connectivity index (χ3n) is 8.22. The van der Waals surface area contributed by atoms with Gasteiger partial charge >= 0.3 is 0 Å². The van der Waals surface area contributed by atoms with E-state index >= 15 is 0 Å². The van der Waals surface area contributed by atoms with Crippen molar-refractivity contribution in [3.8, 4) is 5.75 Å². The first-order valence-electron chi connectivity index (χ1n) is 14.7. The van der Waals surface area contributed by atoms with Gasteiger partial charge in [0.25, 0.3) is 11.8 Å². The van der Waals surface area contributed by atoms with Crippen LogP contribution in [0.15, 0.2) is 54.6 Å². The van der Waals surface area contributed by atoms with Crippen LogP contribution in [0.5, 0.6) is 5.75 Å². The van der Waals surface area contributed by atoms with E-state index in [1.807, 2.05) is 49.4 Å². The minimum atomic E-state index is -1.22. The second-order valence-electron chi connectivity index (χ2n) is 11.4. The van der Waals surface area contributed by atoms with Gasteiger partial charge in [-0.2, -0.15) is 0 Å². The first kappa shape index (κ1) is 29.8. The average Bonchev–Trinajstić information content (AvgIpc) is 3.64. The Morgan fingerprint density at radius 1 is 1.09 bits per heavy atom. The highest BCUT2D eigenvalue weighted by Crippen LogP contribution is 2.30. The molecule has 2 aliphatic heterocycles. The number of carbonyl (C=O) groups is 5. The largest absolute Gasteiger partial charge is 0.496 e. The van der Waals surface area contributed by atoms with Gasteiger partial charge in [-0.1, -0.05) is 43.3 Å². The first-order valence-corrected chi connectivity index (χ1v) is 14.7. The Kier molecular flexibility index (Phi) is 9.08. The fraction of sp³-hybridized carbons (Fsp3) is 0.406. The highest BCUT2D eigenvalue weighted by atomic mass is 16.5. The van der Waals surface area contributed by atoms with Crippen molar-refractivity contribution >= 4 is 40.3 Å². The van der Waals surface area contributed by atoms with Crippen LogP contribution in [-0.2, 0) is 25.7 Å². The molecule has 4 amide bonds. The summed E-state index contributed by atoms with van der Waals surface area (Å²) in [4.78, 5) is 70.9. The van der Waals surface area contributed by atoms with Crippen molar-refractivity contribution in [2.75, 3.05) is 20.2 Å². The van der Waals surface area contributed by atoms with Crippen LogP contribution in [-0.4, -0.2) is 71.6 Å². The maximum absolute atomic E-state index is 13.7. The minimum Gasteiger partial charge on any atom is -0.496 e. The average molecular weight is 588 g/mol. The summed E-state index contributed by atoms with van der Waals surface area (Å²) in [5.74, 6) is -2.62. The number of hydrogen-bond acceptors (Lipinski definition) is 6. The van der Waals surface area contributed by atoms with Crippen LogP contribution < -0.4 is 20.7 Å². The number of ether oxygens (including phenoxy) is 1. The number of methoxy groups -OCH3 is 1. The molecule has 3 aromatic rings. The van der Waals surface area contributed by atoms with Crippen LogP contribution in [0.2, 0.25) is 0 Å². The normalized spacial score (nSPS) is 20.7. The Morgan fingerprint density at radius 2 is 1.88 bits per heavy atom. The fourth-order valence-electron chi connectivity index (χ4n) is 5.96. The topological polar surface area (TPSA) is 150 Å². The Bertz CT molecular complexity index is 1520. The van der Waals surface area contributed by atoms with Gasteiger partial charge in [-0.05, 0) is 55.4 Å². The number of nitrogens with zero attached hydrogens (tertiary/aromatic N) is 1. The monoisotopic (exact) mass is 587 g/mol. The van der Waals surface area contributed by atoms with Crippen LogP contribution in [0.4, 0.5) is 0 Å². The summed E-state index contributed by atoms with van der Waals surface area (Å²) >= 11 is 0. The van der Waals surface area contributed by atoms with E-state index in [-0.39, 0.29) is 30.7 Å². The molecule has 0 saturated carbocycles. The number of piperidine rings is 1. The molecule has 2 aromatic carbocycles. The number of rotatable bonds is 10. The lowest BCUT2D eigenvalue weighted by Crippen LogP contribution is -2.54. The SMILES string of the molecule is COc1cccc2[nH]c(C(=O)N3CC(C)CC3C(=O)NC(CC3CCCNC3=O)C(=O)C(=O)NCc3ccccc3)cc12. The Labute approximate surface area is 249 Å². The summed E-state index contributed by atoms with van der Waals surface area (Å²) in [6.45, 7) is 3.00. The van der Waals surface area contributed by atoms with Crippen molar-refractivity contribution < 1.29 is 28.7 Å². The van der Waals surface area contributed by atoms with Crippen molar-refractivity contribution in [2.45, 2.75) is 51.2 Å². The van der Waals surface area contributed by atoms with Gasteiger partial charge in [0, 0.05) is 36.5 Å². The summed E-state index contributed by atoms with van der Waals surface area (Å²) < 4.78 is 5.42. The van der Waals surface area contributed by atoms with Crippen LogP contribution in [0.1, 0.15) is 48.7 Å². The number of aromatic amines is 1. The molecule has 11 heteroatoms. The summed E-state index contributed by atoms with van der Waals surface area (Å²) in [5.41, 5.74) is 1.87. The molecule has 226 valence electrons. The van der Waals surface area contributed by atoms with Crippen molar-refractivity contribution in [1.82, 2.24) is 25.8 Å². The molecular formula is C32H37N5O6. The number of amides is 4. The highest BCUT2D eigenvalue weighted by molar-refractivity contribution is 6.38. The van der Waals surface area contributed by atoms with Gasteiger partial charge in [0.05, 0.1) is 13.2 Å². The predicted octanol–water partition coefficient (Wildman–Crippen LogP) is 2.31. The number of fused-ring (bicyclic) bond motifs is 1. The van der Waals surface area contributed by atoms with Crippen LogP contribution in [0.25, 0.3) is 10.9 Å². The zero-order chi connectivity index (χ0) is 30.5. The highest BCUT2D eigenvalue weighted by Gasteiger charge is 2.41. The minimum absolute atomic E-state index is 0.00675. The number of benzene rings is 2. The molecule has 5 rings (SSSR count). The molecule has 0 spiro atoms. The Hall–Kier alpha value is -4.67. The van der Waals surface area contributed by atoms with Crippen molar-refractivity contribution in [2.24, 2.45) is 11.8 Å². The van der Waals surface area contributed by atoms with E-state index < -0.39 is 35.6 Å². The molecule has 1 aromatic heterocycles. The summed E-state index contributed by atoms with van der Waals surface area (Å²) in [6, 6.07) is 14.3. The predicted molar refractivity (Wildman–Crippen MR) is 159 cm³/mol. The van der Waals surface area contributed by atoms with E-state index in [9.17, 15) is 24.0 Å². The van der Waals surface area contributed by atoms with E-state index in [1.54, 1.807) is 19.2 Å². The van der Waals surface area contributed by atoms with Gasteiger partial charge in [-0.3, -0.25) is 24.0 Å². The number of nitrogens with one attached hydrogen (secondary N) is 4. The summed E-state index contributed by atoms with van der Waals surface area (Å²) in [6.07, 6.45) is 1.68. The van der Waals surface area contributed by atoms with Crippen molar-refractivity contribution in [3.63, 3.8) is 0 Å². The molecule has 3 heterocycles. The summed E-state index contributed by atoms with van der Waals surface area (Å²) in [7, 11) is 1.56. The van der Waals surface area contributed by atoms with Crippen molar-refractivity contribution in [1.29, 1.82) is 0 Å². The van der Waals surface area contributed by atoms with E-state index in [1.165, 1.54) is 4.90 Å². The molecule has 4 atom stereocenters. The zero-order valence-electron chi connectivity index (χ0n) is 24.4. The smallest absolute Gasteiger partial charge is 0.289 e. The van der Waals surface area contributed by atoms with Crippen LogP contribution in [0.3, 0.4) is 0 Å². The Morgan fingerprint density at radius 3 is 2.63 bits per heavy atom. The lowest BCUT2D eigenvalue weighted by Gasteiger charge is -2.28. The van der Waals surface area contributed by atoms with E-state index in [2.05, 4.69) is 20.9 Å². The molecule has 43 heavy (non-hydrogen) atoms. The molecule has 4 unspecified atom stereocenters. The van der Waals surface area contributed by atoms with Gasteiger partial charge in [0.15, 0.2) is 0 Å². The van der Waals surface area contributed by atoms with Gasteiger partial charge in [0.1, 0.15) is 17.5 Å². The van der Waals surface area contributed by atoms with E-state index in [0.717, 1.165) is 22.9 Å². The molecular weight excluding hydrogens is 550 g/mol. The molecule has 0 bridgehead atoms. The first-order chi connectivity index (χ1) is 20.7. The third kappa shape index (κ3) is 6.71. The summed E-state index contributed by atoms with van der Waals surface area (Å²) in [5, 5.41) is 8.93. The van der Waals surface area contributed by atoms with Gasteiger partial charge in [0.2, 0.25) is 17.6 Å². The standard InChI is InChI=1S/C32H37N5O6/c1-19-14-26(37(18-19)32(42)25-16-22-23(35-25)11-6-12-27(22)43-2)30(40)36-24(15-21-10-7-13-33-29(21)39)28(38)31(41)34-17-20-8-4-3-5-9-20/h3-6,8-9,11-12,16,19,21,24,26,35H,7,10,13-15,17-18H2,1-2H3,(H,33,39)(H,34,41)(H,36,40). The Balaban J connectivity index is 1.33. The van der Waals surface area contributed by atoms with Gasteiger partial charge in [-0.25, -0.2) is 0 Å². The number of Topliss-reactive ketones (excluding diaryl/α,β-unsaturated/α-hetero) is 1. The number of aromatic nitrogens is 1. The number of likely N-dealkylation sites (tertiary alicyclic amines) is 1. The number of carbonyl (C=O) groups excluding carboxylic acids is 5.